The number of anilines is 1. The molecule has 1 fully saturated rings. The fourth-order valence-electron chi connectivity index (χ4n) is 4.43. The van der Waals surface area contributed by atoms with Crippen molar-refractivity contribution in [2.75, 3.05) is 19.1 Å². The largest absolute Gasteiger partial charge is 0.381 e. The molecule has 1 saturated carbocycles. The zero-order valence-electron chi connectivity index (χ0n) is 17.8. The predicted octanol–water partition coefficient (Wildman–Crippen LogP) is 3.79. The van der Waals surface area contributed by atoms with Gasteiger partial charge in [0.05, 0.1) is 30.1 Å². The van der Waals surface area contributed by atoms with Gasteiger partial charge in [0.1, 0.15) is 18.0 Å². The van der Waals surface area contributed by atoms with E-state index < -0.39 is 6.67 Å². The molecular formula is C22H26FN7O. The van der Waals surface area contributed by atoms with Gasteiger partial charge in [-0.05, 0) is 50.8 Å². The summed E-state index contributed by atoms with van der Waals surface area (Å²) in [6.07, 6.45) is 8.30. The Bertz CT molecular complexity index is 1210. The summed E-state index contributed by atoms with van der Waals surface area (Å²) in [5, 5.41) is 8.09. The molecule has 162 valence electrons. The van der Waals surface area contributed by atoms with E-state index in [0.29, 0.717) is 23.7 Å². The number of ether oxygens (including phenoxy) is 1. The maximum Gasteiger partial charge on any atom is 0.241 e. The molecule has 0 unspecified atom stereocenters. The summed E-state index contributed by atoms with van der Waals surface area (Å²) >= 11 is 0. The maximum absolute atomic E-state index is 13.0. The number of hydrogen-bond donors (Lipinski definition) is 1. The number of halogens is 1. The van der Waals surface area contributed by atoms with Crippen molar-refractivity contribution in [2.45, 2.75) is 51.3 Å². The number of aromatic nitrogens is 6. The van der Waals surface area contributed by atoms with Gasteiger partial charge in [0, 0.05) is 24.9 Å². The van der Waals surface area contributed by atoms with E-state index in [4.69, 9.17) is 9.72 Å². The summed E-state index contributed by atoms with van der Waals surface area (Å²) in [4.78, 5) is 13.8. The number of methoxy groups -OCH3 is 1. The van der Waals surface area contributed by atoms with Gasteiger partial charge in [-0.2, -0.15) is 0 Å². The number of alkyl halides is 1. The Hall–Kier alpha value is -3.07. The van der Waals surface area contributed by atoms with E-state index >= 15 is 0 Å². The minimum Gasteiger partial charge on any atom is -0.381 e. The Morgan fingerprint density at radius 1 is 1.16 bits per heavy atom. The highest BCUT2D eigenvalue weighted by Gasteiger charge is 2.21. The molecule has 1 aliphatic carbocycles. The molecule has 4 aromatic rings. The van der Waals surface area contributed by atoms with Crippen molar-refractivity contribution in [2.24, 2.45) is 0 Å². The zero-order valence-corrected chi connectivity index (χ0v) is 17.8. The van der Waals surface area contributed by atoms with Crippen LogP contribution in [-0.4, -0.2) is 55.1 Å². The molecule has 1 aliphatic rings. The van der Waals surface area contributed by atoms with E-state index in [9.17, 15) is 4.39 Å². The standard InChI is InChI=1S/C22H26FN7O/c1-14-25-19-8-7-18(27-21(19)29(14)12-10-23)17-9-11-30-20(17)13-24-22(28-30)26-15-3-5-16(31-2)6-4-15/h7-9,11,13,15-16H,3-6,10,12H2,1-2H3,(H,26,28). The molecule has 0 aromatic carbocycles. The van der Waals surface area contributed by atoms with Gasteiger partial charge in [-0.15, -0.1) is 5.10 Å². The summed E-state index contributed by atoms with van der Waals surface area (Å²) in [5.74, 6) is 1.38. The summed E-state index contributed by atoms with van der Waals surface area (Å²) < 4.78 is 22.1. The van der Waals surface area contributed by atoms with Crippen LogP contribution in [0.5, 0.6) is 0 Å². The maximum atomic E-state index is 13.0. The molecule has 1 N–H and O–H groups in total. The van der Waals surface area contributed by atoms with Gasteiger partial charge in [-0.25, -0.2) is 23.9 Å². The van der Waals surface area contributed by atoms with E-state index in [1.807, 2.05) is 46.6 Å². The highest BCUT2D eigenvalue weighted by molar-refractivity contribution is 5.82. The number of nitrogens with one attached hydrogen (secondary N) is 1. The average Bonchev–Trinajstić information content (AvgIpc) is 3.35. The van der Waals surface area contributed by atoms with Crippen LogP contribution in [0.4, 0.5) is 10.3 Å². The van der Waals surface area contributed by atoms with Crippen molar-refractivity contribution in [3.63, 3.8) is 0 Å². The fourth-order valence-corrected chi connectivity index (χ4v) is 4.43. The first-order valence-corrected chi connectivity index (χ1v) is 10.7. The van der Waals surface area contributed by atoms with Crippen LogP contribution in [0.3, 0.4) is 0 Å². The van der Waals surface area contributed by atoms with E-state index in [2.05, 4.69) is 20.4 Å². The molecule has 4 aromatic heterocycles. The number of fused-ring (bicyclic) bond motifs is 2. The SMILES string of the molecule is COC1CCC(Nc2ncc3c(-c4ccc5nc(C)n(CCF)c5n4)ccn3n2)CC1. The first-order valence-electron chi connectivity index (χ1n) is 10.7. The second-order valence-electron chi connectivity index (χ2n) is 8.03. The number of aryl methyl sites for hydroxylation is 2. The van der Waals surface area contributed by atoms with E-state index in [1.54, 1.807) is 7.11 Å². The van der Waals surface area contributed by atoms with Gasteiger partial charge < -0.3 is 14.6 Å². The second-order valence-corrected chi connectivity index (χ2v) is 8.03. The molecule has 8 nitrogen and oxygen atoms in total. The Balaban J connectivity index is 1.42. The van der Waals surface area contributed by atoms with E-state index in [0.717, 1.165) is 53.8 Å². The minimum atomic E-state index is -0.454. The first-order chi connectivity index (χ1) is 15.2. The van der Waals surface area contributed by atoms with Crippen molar-refractivity contribution in [3.8, 4) is 11.3 Å². The van der Waals surface area contributed by atoms with Crippen molar-refractivity contribution in [3.05, 3.63) is 36.4 Å². The number of rotatable bonds is 6. The monoisotopic (exact) mass is 423 g/mol. The van der Waals surface area contributed by atoms with Gasteiger partial charge in [0.25, 0.3) is 0 Å². The molecular weight excluding hydrogens is 397 g/mol. The highest BCUT2D eigenvalue weighted by Crippen LogP contribution is 2.27. The Kier molecular flexibility index (Phi) is 5.27. The normalized spacial score (nSPS) is 19.3. The quantitative estimate of drug-likeness (QED) is 0.508. The minimum absolute atomic E-state index is 0.250. The van der Waals surface area contributed by atoms with Crippen LogP contribution >= 0.6 is 0 Å². The lowest BCUT2D eigenvalue weighted by Crippen LogP contribution is -2.30. The molecule has 31 heavy (non-hydrogen) atoms. The summed E-state index contributed by atoms with van der Waals surface area (Å²) in [5.41, 5.74) is 4.05. The van der Waals surface area contributed by atoms with Crippen molar-refractivity contribution in [1.29, 1.82) is 0 Å². The smallest absolute Gasteiger partial charge is 0.241 e. The number of nitrogens with zero attached hydrogens (tertiary/aromatic N) is 6. The third-order valence-electron chi connectivity index (χ3n) is 6.12. The summed E-state index contributed by atoms with van der Waals surface area (Å²) in [7, 11) is 1.78. The molecule has 0 atom stereocenters. The van der Waals surface area contributed by atoms with Crippen LogP contribution in [0.25, 0.3) is 27.9 Å². The van der Waals surface area contributed by atoms with Crippen LogP contribution in [0, 0.1) is 6.92 Å². The fraction of sp³-hybridized carbons (Fsp3) is 0.455. The van der Waals surface area contributed by atoms with Gasteiger partial charge in [0.2, 0.25) is 5.95 Å². The lowest BCUT2D eigenvalue weighted by atomic mass is 9.93. The van der Waals surface area contributed by atoms with Gasteiger partial charge in [-0.1, -0.05) is 0 Å². The third kappa shape index (κ3) is 3.74. The Morgan fingerprint density at radius 2 is 2.00 bits per heavy atom. The van der Waals surface area contributed by atoms with Gasteiger partial charge in [-0.3, -0.25) is 0 Å². The third-order valence-corrected chi connectivity index (χ3v) is 6.12. The van der Waals surface area contributed by atoms with E-state index in [1.165, 1.54) is 0 Å². The first kappa shape index (κ1) is 19.9. The molecule has 0 spiro atoms. The van der Waals surface area contributed by atoms with Crippen molar-refractivity contribution < 1.29 is 9.13 Å². The average molecular weight is 423 g/mol. The van der Waals surface area contributed by atoms with Gasteiger partial charge in [0.15, 0.2) is 5.65 Å². The van der Waals surface area contributed by atoms with Crippen molar-refractivity contribution in [1.82, 2.24) is 29.1 Å². The van der Waals surface area contributed by atoms with Crippen molar-refractivity contribution >= 4 is 22.6 Å². The van der Waals surface area contributed by atoms with Crippen LogP contribution in [-0.2, 0) is 11.3 Å². The molecule has 5 rings (SSSR count). The summed E-state index contributed by atoms with van der Waals surface area (Å²) in [6, 6.07) is 6.21. The molecule has 0 saturated heterocycles. The number of pyridine rings is 1. The molecule has 0 bridgehead atoms. The lowest BCUT2D eigenvalue weighted by Gasteiger charge is -2.28. The van der Waals surface area contributed by atoms with E-state index in [-0.39, 0.29) is 6.54 Å². The van der Waals surface area contributed by atoms with Crippen LogP contribution in [0.1, 0.15) is 31.5 Å². The molecule has 0 amide bonds. The zero-order chi connectivity index (χ0) is 21.4. The molecule has 4 heterocycles. The topological polar surface area (TPSA) is 82.2 Å². The van der Waals surface area contributed by atoms with Crippen LogP contribution in [0.2, 0.25) is 0 Å². The highest BCUT2D eigenvalue weighted by atomic mass is 19.1. The molecule has 0 radical (unpaired) electrons. The number of imidazole rings is 1. The summed E-state index contributed by atoms with van der Waals surface area (Å²) in [6.45, 7) is 1.67. The lowest BCUT2D eigenvalue weighted by molar-refractivity contribution is 0.0681. The van der Waals surface area contributed by atoms with Crippen LogP contribution in [0.15, 0.2) is 30.6 Å². The van der Waals surface area contributed by atoms with Gasteiger partial charge >= 0.3 is 0 Å². The Morgan fingerprint density at radius 3 is 2.77 bits per heavy atom. The van der Waals surface area contributed by atoms with Crippen LogP contribution < -0.4 is 5.32 Å². The second kappa shape index (κ2) is 8.22. The molecule has 0 aliphatic heterocycles. The predicted molar refractivity (Wildman–Crippen MR) is 117 cm³/mol. The molecule has 9 heteroatoms. The Labute approximate surface area is 179 Å². The number of hydrogen-bond acceptors (Lipinski definition) is 6.